The topological polar surface area (TPSA) is 20.2 Å². The van der Waals surface area contributed by atoms with Crippen molar-refractivity contribution in [3.8, 4) is 5.75 Å². The molecule has 2 unspecified atom stereocenters. The summed E-state index contributed by atoms with van der Waals surface area (Å²) < 4.78 is 0. The van der Waals surface area contributed by atoms with Crippen LogP contribution in [0.3, 0.4) is 0 Å². The Hall–Kier alpha value is -1.76. The van der Waals surface area contributed by atoms with E-state index < -0.39 is 0 Å². The molecule has 80 valence electrons. The fraction of sp³-hybridized carbons (Fsp3) is 0.200. The van der Waals surface area contributed by atoms with E-state index in [0.29, 0.717) is 17.6 Å². The van der Waals surface area contributed by atoms with Gasteiger partial charge in [0.2, 0.25) is 0 Å². The summed E-state index contributed by atoms with van der Waals surface area (Å²) in [7, 11) is 0. The van der Waals surface area contributed by atoms with Crippen LogP contribution >= 0.6 is 0 Å². The summed E-state index contributed by atoms with van der Waals surface area (Å²) in [5, 5.41) is 9.79. The Bertz CT molecular complexity index is 490. The molecule has 3 rings (SSSR count). The monoisotopic (exact) mass is 210 g/mol. The lowest BCUT2D eigenvalue weighted by molar-refractivity contribution is 0.468. The standard InChI is InChI=1S/C15H14O/c16-15-9-5-4-8-12(15)14-10-13(14)11-6-2-1-3-7-11/h1-9,13-14,16H,10H2. The summed E-state index contributed by atoms with van der Waals surface area (Å²) in [5.41, 5.74) is 2.48. The molecule has 1 nitrogen and oxygen atoms in total. The molecule has 1 aliphatic rings. The first kappa shape index (κ1) is 9.46. The molecule has 0 saturated heterocycles. The Morgan fingerprint density at radius 3 is 2.25 bits per heavy atom. The number of phenols is 1. The molecular weight excluding hydrogens is 196 g/mol. The van der Waals surface area contributed by atoms with Crippen LogP contribution < -0.4 is 0 Å². The minimum absolute atomic E-state index is 0.436. The SMILES string of the molecule is Oc1ccccc1C1CC1c1ccccc1. The van der Waals surface area contributed by atoms with E-state index in [2.05, 4.69) is 24.3 Å². The van der Waals surface area contributed by atoms with Gasteiger partial charge in [-0.05, 0) is 35.4 Å². The average molecular weight is 210 g/mol. The van der Waals surface area contributed by atoms with Crippen molar-refractivity contribution < 1.29 is 5.11 Å². The quantitative estimate of drug-likeness (QED) is 0.802. The van der Waals surface area contributed by atoms with Crippen LogP contribution in [0.25, 0.3) is 0 Å². The first-order valence-electron chi connectivity index (χ1n) is 5.69. The number of hydrogen-bond donors (Lipinski definition) is 1. The third-order valence-electron chi connectivity index (χ3n) is 3.35. The molecule has 1 fully saturated rings. The van der Waals surface area contributed by atoms with Crippen LogP contribution in [0, 0.1) is 0 Å². The number of benzene rings is 2. The summed E-state index contributed by atoms with van der Waals surface area (Å²) in [6, 6.07) is 18.2. The van der Waals surface area contributed by atoms with Crippen LogP contribution in [0.1, 0.15) is 29.4 Å². The van der Waals surface area contributed by atoms with E-state index in [9.17, 15) is 5.11 Å². The molecule has 1 aliphatic carbocycles. The van der Waals surface area contributed by atoms with Crippen LogP contribution in [-0.2, 0) is 0 Å². The van der Waals surface area contributed by atoms with Gasteiger partial charge in [0.1, 0.15) is 5.75 Å². The zero-order valence-corrected chi connectivity index (χ0v) is 9.01. The van der Waals surface area contributed by atoms with Crippen molar-refractivity contribution in [2.24, 2.45) is 0 Å². The zero-order chi connectivity index (χ0) is 11.0. The summed E-state index contributed by atoms with van der Waals surface area (Å²) in [4.78, 5) is 0. The number of rotatable bonds is 2. The second-order valence-electron chi connectivity index (χ2n) is 4.42. The third kappa shape index (κ3) is 1.58. The van der Waals surface area contributed by atoms with E-state index >= 15 is 0 Å². The Kier molecular flexibility index (Phi) is 2.17. The number of phenolic OH excluding ortho intramolecular Hbond substituents is 1. The van der Waals surface area contributed by atoms with Crippen LogP contribution in [0.2, 0.25) is 0 Å². The average Bonchev–Trinajstić information content (AvgIpc) is 3.11. The first-order chi connectivity index (χ1) is 7.86. The van der Waals surface area contributed by atoms with E-state index in [-0.39, 0.29) is 0 Å². The van der Waals surface area contributed by atoms with Crippen LogP contribution in [-0.4, -0.2) is 5.11 Å². The fourth-order valence-electron chi connectivity index (χ4n) is 2.41. The van der Waals surface area contributed by atoms with Crippen LogP contribution in [0.5, 0.6) is 5.75 Å². The third-order valence-corrected chi connectivity index (χ3v) is 3.35. The molecule has 1 heteroatoms. The van der Waals surface area contributed by atoms with Gasteiger partial charge in [-0.3, -0.25) is 0 Å². The number of hydrogen-bond acceptors (Lipinski definition) is 1. The van der Waals surface area contributed by atoms with E-state index in [1.807, 2.05) is 24.3 Å². The van der Waals surface area contributed by atoms with Gasteiger partial charge >= 0.3 is 0 Å². The molecule has 2 atom stereocenters. The minimum atomic E-state index is 0.436. The maximum absolute atomic E-state index is 9.79. The molecule has 0 spiro atoms. The highest BCUT2D eigenvalue weighted by molar-refractivity contribution is 5.43. The van der Waals surface area contributed by atoms with Gasteiger partial charge in [-0.2, -0.15) is 0 Å². The van der Waals surface area contributed by atoms with Gasteiger partial charge in [-0.1, -0.05) is 48.5 Å². The Morgan fingerprint density at radius 1 is 0.812 bits per heavy atom. The second-order valence-corrected chi connectivity index (χ2v) is 4.42. The Morgan fingerprint density at radius 2 is 1.50 bits per heavy atom. The second kappa shape index (κ2) is 3.67. The minimum Gasteiger partial charge on any atom is -0.508 e. The van der Waals surface area contributed by atoms with E-state index in [0.717, 1.165) is 12.0 Å². The van der Waals surface area contributed by atoms with Crippen molar-refractivity contribution in [2.45, 2.75) is 18.3 Å². The largest absolute Gasteiger partial charge is 0.508 e. The van der Waals surface area contributed by atoms with E-state index in [1.165, 1.54) is 5.56 Å². The maximum atomic E-state index is 9.79. The first-order valence-corrected chi connectivity index (χ1v) is 5.69. The molecule has 0 amide bonds. The molecule has 0 aromatic heterocycles. The lowest BCUT2D eigenvalue weighted by atomic mass is 10.0. The van der Waals surface area contributed by atoms with Crippen molar-refractivity contribution in [2.75, 3.05) is 0 Å². The van der Waals surface area contributed by atoms with Crippen LogP contribution in [0.15, 0.2) is 54.6 Å². The van der Waals surface area contributed by atoms with Gasteiger partial charge in [0.25, 0.3) is 0 Å². The molecule has 0 radical (unpaired) electrons. The van der Waals surface area contributed by atoms with E-state index in [1.54, 1.807) is 6.07 Å². The van der Waals surface area contributed by atoms with Gasteiger partial charge in [-0.25, -0.2) is 0 Å². The lowest BCUT2D eigenvalue weighted by Crippen LogP contribution is -1.84. The Labute approximate surface area is 95.4 Å². The Balaban J connectivity index is 1.85. The molecule has 0 aliphatic heterocycles. The predicted molar refractivity (Wildman–Crippen MR) is 64.6 cm³/mol. The fourth-order valence-corrected chi connectivity index (χ4v) is 2.41. The highest BCUT2D eigenvalue weighted by Crippen LogP contribution is 2.56. The zero-order valence-electron chi connectivity index (χ0n) is 9.01. The van der Waals surface area contributed by atoms with Crippen molar-refractivity contribution in [3.05, 3.63) is 65.7 Å². The molecule has 16 heavy (non-hydrogen) atoms. The van der Waals surface area contributed by atoms with Gasteiger partial charge < -0.3 is 5.11 Å². The van der Waals surface area contributed by atoms with Gasteiger partial charge in [0.15, 0.2) is 0 Å². The number of aromatic hydroxyl groups is 1. The van der Waals surface area contributed by atoms with Crippen molar-refractivity contribution in [3.63, 3.8) is 0 Å². The molecule has 0 bridgehead atoms. The smallest absolute Gasteiger partial charge is 0.119 e. The molecular formula is C15H14O. The summed E-state index contributed by atoms with van der Waals surface area (Å²) in [6.07, 6.45) is 1.15. The van der Waals surface area contributed by atoms with Gasteiger partial charge in [0.05, 0.1) is 0 Å². The summed E-state index contributed by atoms with van der Waals surface area (Å²) in [6.45, 7) is 0. The van der Waals surface area contributed by atoms with E-state index in [4.69, 9.17) is 0 Å². The predicted octanol–water partition coefficient (Wildman–Crippen LogP) is 3.66. The normalized spacial score (nSPS) is 23.0. The molecule has 2 aromatic rings. The number of para-hydroxylation sites is 1. The molecule has 0 heterocycles. The highest BCUT2D eigenvalue weighted by atomic mass is 16.3. The van der Waals surface area contributed by atoms with Crippen LogP contribution in [0.4, 0.5) is 0 Å². The molecule has 1 saturated carbocycles. The van der Waals surface area contributed by atoms with Crippen molar-refractivity contribution >= 4 is 0 Å². The van der Waals surface area contributed by atoms with Gasteiger partial charge in [-0.15, -0.1) is 0 Å². The van der Waals surface area contributed by atoms with Gasteiger partial charge in [0, 0.05) is 0 Å². The molecule has 2 aromatic carbocycles. The maximum Gasteiger partial charge on any atom is 0.119 e. The summed E-state index contributed by atoms with van der Waals surface area (Å²) >= 11 is 0. The van der Waals surface area contributed by atoms with Crippen molar-refractivity contribution in [1.29, 1.82) is 0 Å². The highest BCUT2D eigenvalue weighted by Gasteiger charge is 2.40. The lowest BCUT2D eigenvalue weighted by Gasteiger charge is -2.03. The summed E-state index contributed by atoms with van der Waals surface area (Å²) in [5.74, 6) is 1.53. The van der Waals surface area contributed by atoms with Crippen molar-refractivity contribution in [1.82, 2.24) is 0 Å². The molecule has 1 N–H and O–H groups in total.